The molecule has 3 heteroatoms. The van der Waals surface area contributed by atoms with Gasteiger partial charge in [0.05, 0.1) is 5.69 Å². The van der Waals surface area contributed by atoms with E-state index in [1.54, 1.807) is 0 Å². The molecule has 0 aromatic heterocycles. The highest BCUT2D eigenvalue weighted by atomic mass is 15.0. The minimum atomic E-state index is 0.540. The predicted molar refractivity (Wildman–Crippen MR) is 79.3 cm³/mol. The Kier molecular flexibility index (Phi) is 2.67. The number of nitrogens with zero attached hydrogens (tertiary/aromatic N) is 2. The molecule has 0 bridgehead atoms. The molecule has 0 atom stereocenters. The molecule has 3 rings (SSSR count). The first-order valence-electron chi connectivity index (χ1n) is 6.24. The lowest BCUT2D eigenvalue weighted by atomic mass is 10.1. The van der Waals surface area contributed by atoms with Crippen LogP contribution in [-0.2, 0) is 0 Å². The van der Waals surface area contributed by atoms with E-state index < -0.39 is 0 Å². The van der Waals surface area contributed by atoms with Crippen LogP contribution in [0.3, 0.4) is 0 Å². The molecule has 1 heterocycles. The Hall–Kier alpha value is -2.42. The normalized spacial score (nSPS) is 15.5. The van der Waals surface area contributed by atoms with E-state index in [1.807, 2.05) is 36.4 Å². The molecule has 1 aliphatic heterocycles. The lowest BCUT2D eigenvalue weighted by Crippen LogP contribution is -2.09. The third kappa shape index (κ3) is 2.15. The van der Waals surface area contributed by atoms with Crippen molar-refractivity contribution < 1.29 is 0 Å². The van der Waals surface area contributed by atoms with Gasteiger partial charge in [0.2, 0.25) is 0 Å². The number of hydrogen-bond donors (Lipinski definition) is 1. The second kappa shape index (κ2) is 4.35. The zero-order chi connectivity index (χ0) is 13.4. The lowest BCUT2D eigenvalue weighted by molar-refractivity contribution is 1.35. The van der Waals surface area contributed by atoms with Crippen LogP contribution >= 0.6 is 0 Å². The molecule has 19 heavy (non-hydrogen) atoms. The van der Waals surface area contributed by atoms with Crippen LogP contribution in [0.1, 0.15) is 22.3 Å². The number of fused-ring (bicyclic) bond motifs is 1. The zero-order valence-electron chi connectivity index (χ0n) is 11.0. The Morgan fingerprint density at radius 3 is 2.26 bits per heavy atom. The van der Waals surface area contributed by atoms with E-state index in [4.69, 9.17) is 5.73 Å². The molecule has 0 spiro atoms. The summed E-state index contributed by atoms with van der Waals surface area (Å²) in [4.78, 5) is 8.98. The first kappa shape index (κ1) is 11.7. The summed E-state index contributed by atoms with van der Waals surface area (Å²) in [5, 5.41) is 0. The van der Waals surface area contributed by atoms with Crippen LogP contribution in [0.15, 0.2) is 52.4 Å². The van der Waals surface area contributed by atoms with Gasteiger partial charge in [-0.1, -0.05) is 30.3 Å². The van der Waals surface area contributed by atoms with Crippen LogP contribution in [0.25, 0.3) is 0 Å². The second-order valence-electron chi connectivity index (χ2n) is 4.82. The average Bonchev–Trinajstić information content (AvgIpc) is 2.66. The second-order valence-corrected chi connectivity index (χ2v) is 4.82. The van der Waals surface area contributed by atoms with Gasteiger partial charge in [-0.3, -0.25) is 0 Å². The SMILES string of the molecule is Cc1cc(C)cc(N=C2N=C(N)c3ccccc32)c1. The summed E-state index contributed by atoms with van der Waals surface area (Å²) >= 11 is 0. The van der Waals surface area contributed by atoms with Gasteiger partial charge in [-0.2, -0.15) is 0 Å². The highest BCUT2D eigenvalue weighted by Crippen LogP contribution is 2.23. The largest absolute Gasteiger partial charge is 0.383 e. The summed E-state index contributed by atoms with van der Waals surface area (Å²) in [5.74, 6) is 1.23. The van der Waals surface area contributed by atoms with Gasteiger partial charge in [0.15, 0.2) is 5.84 Å². The fraction of sp³-hybridized carbons (Fsp3) is 0.125. The maximum Gasteiger partial charge on any atom is 0.162 e. The molecule has 0 aliphatic carbocycles. The minimum absolute atomic E-state index is 0.540. The van der Waals surface area contributed by atoms with Gasteiger partial charge >= 0.3 is 0 Å². The van der Waals surface area contributed by atoms with Crippen molar-refractivity contribution in [3.8, 4) is 0 Å². The number of amidine groups is 2. The van der Waals surface area contributed by atoms with Gasteiger partial charge in [-0.15, -0.1) is 0 Å². The Labute approximate surface area is 112 Å². The number of nitrogens with two attached hydrogens (primary N) is 1. The molecule has 0 amide bonds. The van der Waals surface area contributed by atoms with Gasteiger partial charge in [0.1, 0.15) is 5.84 Å². The third-order valence-electron chi connectivity index (χ3n) is 3.11. The fourth-order valence-electron chi connectivity index (χ4n) is 2.36. The number of rotatable bonds is 1. The van der Waals surface area contributed by atoms with Crippen LogP contribution in [0.5, 0.6) is 0 Å². The zero-order valence-corrected chi connectivity index (χ0v) is 11.0. The quantitative estimate of drug-likeness (QED) is 0.829. The van der Waals surface area contributed by atoms with Crippen molar-refractivity contribution in [1.29, 1.82) is 0 Å². The van der Waals surface area contributed by atoms with Gasteiger partial charge in [-0.05, 0) is 37.1 Å². The summed E-state index contributed by atoms with van der Waals surface area (Å²) in [6.45, 7) is 4.13. The molecule has 0 saturated carbocycles. The van der Waals surface area contributed by atoms with Crippen molar-refractivity contribution in [2.75, 3.05) is 0 Å². The van der Waals surface area contributed by atoms with Crippen molar-refractivity contribution in [3.63, 3.8) is 0 Å². The topological polar surface area (TPSA) is 50.7 Å². The van der Waals surface area contributed by atoms with E-state index in [-0.39, 0.29) is 0 Å². The molecule has 2 N–H and O–H groups in total. The lowest BCUT2D eigenvalue weighted by Gasteiger charge is -2.01. The minimum Gasteiger partial charge on any atom is -0.383 e. The molecule has 2 aromatic rings. The highest BCUT2D eigenvalue weighted by molar-refractivity contribution is 6.22. The number of hydrogen-bond acceptors (Lipinski definition) is 2. The maximum absolute atomic E-state index is 5.92. The Bertz CT molecular complexity index is 691. The van der Waals surface area contributed by atoms with E-state index >= 15 is 0 Å². The van der Waals surface area contributed by atoms with E-state index in [0.717, 1.165) is 16.8 Å². The Morgan fingerprint density at radius 2 is 1.58 bits per heavy atom. The van der Waals surface area contributed by atoms with Crippen LogP contribution in [0, 0.1) is 13.8 Å². The standard InChI is InChI=1S/C16H15N3/c1-10-7-11(2)9-12(8-10)18-16-14-6-4-3-5-13(14)15(17)19-16/h3-9H,1-2H3,(H2,17,18,19). The van der Waals surface area contributed by atoms with E-state index in [2.05, 4.69) is 29.9 Å². The Morgan fingerprint density at radius 1 is 0.947 bits per heavy atom. The molecule has 0 unspecified atom stereocenters. The molecular weight excluding hydrogens is 234 g/mol. The van der Waals surface area contributed by atoms with Crippen LogP contribution in [-0.4, -0.2) is 11.7 Å². The van der Waals surface area contributed by atoms with Crippen molar-refractivity contribution in [2.24, 2.45) is 15.7 Å². The van der Waals surface area contributed by atoms with Crippen LogP contribution in [0.2, 0.25) is 0 Å². The van der Waals surface area contributed by atoms with E-state index in [0.29, 0.717) is 11.7 Å². The summed E-state index contributed by atoms with van der Waals surface area (Å²) in [5.41, 5.74) is 11.2. The summed E-state index contributed by atoms with van der Waals surface area (Å²) < 4.78 is 0. The molecule has 94 valence electrons. The maximum atomic E-state index is 5.92. The molecule has 1 aliphatic rings. The fourth-order valence-corrected chi connectivity index (χ4v) is 2.36. The van der Waals surface area contributed by atoms with Gasteiger partial charge in [0, 0.05) is 11.1 Å². The summed E-state index contributed by atoms with van der Waals surface area (Å²) in [7, 11) is 0. The molecule has 0 fully saturated rings. The van der Waals surface area contributed by atoms with Crippen molar-refractivity contribution in [1.82, 2.24) is 0 Å². The summed E-state index contributed by atoms with van der Waals surface area (Å²) in [6, 6.07) is 14.1. The molecule has 2 aromatic carbocycles. The van der Waals surface area contributed by atoms with Crippen molar-refractivity contribution in [3.05, 3.63) is 64.7 Å². The van der Waals surface area contributed by atoms with Crippen LogP contribution in [0.4, 0.5) is 5.69 Å². The molecule has 3 nitrogen and oxygen atoms in total. The van der Waals surface area contributed by atoms with Crippen LogP contribution < -0.4 is 5.73 Å². The van der Waals surface area contributed by atoms with Crippen molar-refractivity contribution >= 4 is 17.4 Å². The molecule has 0 saturated heterocycles. The predicted octanol–water partition coefficient (Wildman–Crippen LogP) is 3.10. The first-order valence-corrected chi connectivity index (χ1v) is 6.24. The smallest absolute Gasteiger partial charge is 0.162 e. The van der Waals surface area contributed by atoms with Gasteiger partial charge < -0.3 is 5.73 Å². The number of benzene rings is 2. The van der Waals surface area contributed by atoms with Crippen molar-refractivity contribution in [2.45, 2.75) is 13.8 Å². The Balaban J connectivity index is 2.11. The van der Waals surface area contributed by atoms with E-state index in [1.165, 1.54) is 11.1 Å². The molecular formula is C16H15N3. The van der Waals surface area contributed by atoms with Gasteiger partial charge in [-0.25, -0.2) is 9.98 Å². The monoisotopic (exact) mass is 249 g/mol. The molecule has 0 radical (unpaired) electrons. The number of aliphatic imine (C=N–C) groups is 2. The summed E-state index contributed by atoms with van der Waals surface area (Å²) in [6.07, 6.45) is 0. The highest BCUT2D eigenvalue weighted by Gasteiger charge is 2.18. The number of aryl methyl sites for hydroxylation is 2. The first-order chi connectivity index (χ1) is 9.13. The van der Waals surface area contributed by atoms with Gasteiger partial charge in [0.25, 0.3) is 0 Å². The van der Waals surface area contributed by atoms with E-state index in [9.17, 15) is 0 Å². The third-order valence-corrected chi connectivity index (χ3v) is 3.11. The average molecular weight is 249 g/mol.